The summed E-state index contributed by atoms with van der Waals surface area (Å²) in [6, 6.07) is 6.16. The fraction of sp³-hybridized carbons (Fsp3) is 0.429. The highest BCUT2D eigenvalue weighted by atomic mass is 16.5. The fourth-order valence-corrected chi connectivity index (χ4v) is 5.59. The zero-order chi connectivity index (χ0) is 25.9. The Morgan fingerprint density at radius 2 is 1.81 bits per heavy atom. The quantitative estimate of drug-likeness (QED) is 0.341. The first kappa shape index (κ1) is 23.8. The van der Waals surface area contributed by atoms with Crippen LogP contribution >= 0.6 is 0 Å². The molecule has 0 radical (unpaired) electrons. The number of pyridine rings is 2. The van der Waals surface area contributed by atoms with E-state index in [1.54, 1.807) is 13.8 Å². The van der Waals surface area contributed by atoms with Crippen LogP contribution in [0.15, 0.2) is 39.6 Å². The summed E-state index contributed by atoms with van der Waals surface area (Å²) in [5.74, 6) is 0.996. The Morgan fingerprint density at radius 3 is 2.46 bits per heavy atom. The van der Waals surface area contributed by atoms with Gasteiger partial charge in [0.25, 0.3) is 0 Å². The fourth-order valence-electron chi connectivity index (χ4n) is 5.59. The molecule has 1 fully saturated rings. The van der Waals surface area contributed by atoms with Gasteiger partial charge in [0.2, 0.25) is 5.58 Å². The molecular formula is C28H31N5O4. The summed E-state index contributed by atoms with van der Waals surface area (Å²) in [7, 11) is 0. The number of rotatable bonds is 5. The second kappa shape index (κ2) is 8.78. The van der Waals surface area contributed by atoms with Crippen molar-refractivity contribution in [1.82, 2.24) is 24.8 Å². The van der Waals surface area contributed by atoms with Crippen LogP contribution < -0.4 is 0 Å². The molecule has 192 valence electrons. The SMILES string of the molecule is Cc1ccc(C(C2CCOCC2)n2c3cc(-c4c(C)noc4C)cnc3c3onc(C(C)(C)O)c32)nc1. The lowest BCUT2D eigenvalue weighted by Gasteiger charge is -2.32. The first-order valence-electron chi connectivity index (χ1n) is 12.7. The lowest BCUT2D eigenvalue weighted by atomic mass is 9.88. The van der Waals surface area contributed by atoms with E-state index >= 15 is 0 Å². The zero-order valence-electron chi connectivity index (χ0n) is 21.8. The predicted molar refractivity (Wildman–Crippen MR) is 138 cm³/mol. The average molecular weight is 502 g/mol. The molecule has 1 saturated heterocycles. The van der Waals surface area contributed by atoms with Crippen LogP contribution in [0.25, 0.3) is 33.3 Å². The van der Waals surface area contributed by atoms with Gasteiger partial charge in [-0.1, -0.05) is 16.4 Å². The molecule has 6 heterocycles. The highest BCUT2D eigenvalue weighted by Gasteiger charge is 2.36. The molecule has 1 N–H and O–H groups in total. The number of aromatic nitrogens is 5. The monoisotopic (exact) mass is 501 g/mol. The van der Waals surface area contributed by atoms with Gasteiger partial charge in [0.1, 0.15) is 28.1 Å². The van der Waals surface area contributed by atoms with E-state index in [-0.39, 0.29) is 12.0 Å². The van der Waals surface area contributed by atoms with Crippen molar-refractivity contribution >= 4 is 22.1 Å². The van der Waals surface area contributed by atoms with E-state index in [2.05, 4.69) is 33.1 Å². The summed E-state index contributed by atoms with van der Waals surface area (Å²) in [4.78, 5) is 9.73. The minimum atomic E-state index is -1.22. The number of ether oxygens (including phenoxy) is 1. The second-order valence-electron chi connectivity index (χ2n) is 10.6. The minimum Gasteiger partial charge on any atom is -0.384 e. The number of nitrogens with zero attached hydrogens (tertiary/aromatic N) is 5. The Bertz CT molecular complexity index is 1560. The molecule has 37 heavy (non-hydrogen) atoms. The van der Waals surface area contributed by atoms with Crippen LogP contribution in [0.2, 0.25) is 0 Å². The van der Waals surface area contributed by atoms with Gasteiger partial charge >= 0.3 is 0 Å². The van der Waals surface area contributed by atoms with Gasteiger partial charge in [-0.3, -0.25) is 4.98 Å². The summed E-state index contributed by atoms with van der Waals surface area (Å²) in [6.45, 7) is 10.7. The lowest BCUT2D eigenvalue weighted by Crippen LogP contribution is -2.28. The summed E-state index contributed by atoms with van der Waals surface area (Å²) in [5, 5.41) is 19.6. The van der Waals surface area contributed by atoms with Gasteiger partial charge in [0.15, 0.2) is 0 Å². The van der Waals surface area contributed by atoms with E-state index in [1.807, 2.05) is 33.2 Å². The van der Waals surface area contributed by atoms with Gasteiger partial charge < -0.3 is 23.5 Å². The zero-order valence-corrected chi connectivity index (χ0v) is 21.8. The van der Waals surface area contributed by atoms with Crippen molar-refractivity contribution in [1.29, 1.82) is 0 Å². The number of aliphatic hydroxyl groups is 1. The van der Waals surface area contributed by atoms with Crippen molar-refractivity contribution in [3.8, 4) is 11.1 Å². The molecule has 6 rings (SSSR count). The molecule has 0 aromatic carbocycles. The van der Waals surface area contributed by atoms with Gasteiger partial charge in [0.05, 0.1) is 22.9 Å². The first-order valence-corrected chi connectivity index (χ1v) is 12.7. The molecule has 0 aliphatic carbocycles. The number of fused-ring (bicyclic) bond motifs is 3. The third kappa shape index (κ3) is 3.93. The van der Waals surface area contributed by atoms with Crippen molar-refractivity contribution in [2.24, 2.45) is 5.92 Å². The Balaban J connectivity index is 1.70. The third-order valence-electron chi connectivity index (χ3n) is 7.38. The van der Waals surface area contributed by atoms with Crippen molar-refractivity contribution in [2.75, 3.05) is 13.2 Å². The summed E-state index contributed by atoms with van der Waals surface area (Å²) >= 11 is 0. The molecule has 1 unspecified atom stereocenters. The van der Waals surface area contributed by atoms with Crippen LogP contribution in [-0.4, -0.2) is 43.2 Å². The Hall–Kier alpha value is -3.56. The van der Waals surface area contributed by atoms with E-state index in [4.69, 9.17) is 23.8 Å². The van der Waals surface area contributed by atoms with E-state index in [1.165, 1.54) is 0 Å². The number of hydrogen-bond acceptors (Lipinski definition) is 8. The van der Waals surface area contributed by atoms with Crippen LogP contribution in [0.1, 0.15) is 61.1 Å². The number of hydrogen-bond donors (Lipinski definition) is 1. The molecule has 0 bridgehead atoms. The Labute approximate surface area is 214 Å². The molecule has 0 spiro atoms. The summed E-state index contributed by atoms with van der Waals surface area (Å²) < 4.78 is 19.3. The van der Waals surface area contributed by atoms with Crippen LogP contribution in [-0.2, 0) is 10.3 Å². The molecular weight excluding hydrogens is 470 g/mol. The van der Waals surface area contributed by atoms with Gasteiger partial charge in [-0.05, 0) is 71.1 Å². The van der Waals surface area contributed by atoms with Gasteiger partial charge in [-0.2, -0.15) is 0 Å². The molecule has 1 aliphatic heterocycles. The Morgan fingerprint density at radius 1 is 1.03 bits per heavy atom. The van der Waals surface area contributed by atoms with Crippen LogP contribution in [0.5, 0.6) is 0 Å². The molecule has 1 atom stereocenters. The van der Waals surface area contributed by atoms with Crippen LogP contribution in [0.4, 0.5) is 0 Å². The van der Waals surface area contributed by atoms with E-state index in [9.17, 15) is 5.11 Å². The van der Waals surface area contributed by atoms with Crippen molar-refractivity contribution < 1.29 is 18.9 Å². The van der Waals surface area contributed by atoms with E-state index < -0.39 is 5.60 Å². The van der Waals surface area contributed by atoms with Gasteiger partial charge in [0, 0.05) is 36.7 Å². The molecule has 9 heteroatoms. The van der Waals surface area contributed by atoms with Crippen molar-refractivity contribution in [3.63, 3.8) is 0 Å². The van der Waals surface area contributed by atoms with Gasteiger partial charge in [-0.15, -0.1) is 0 Å². The largest absolute Gasteiger partial charge is 0.384 e. The average Bonchev–Trinajstić information content (AvgIpc) is 3.54. The summed E-state index contributed by atoms with van der Waals surface area (Å²) in [5.41, 5.74) is 6.82. The van der Waals surface area contributed by atoms with Crippen LogP contribution in [0, 0.1) is 26.7 Å². The minimum absolute atomic E-state index is 0.133. The van der Waals surface area contributed by atoms with Crippen molar-refractivity contribution in [2.45, 2.75) is 59.1 Å². The highest BCUT2D eigenvalue weighted by molar-refractivity contribution is 6.04. The lowest BCUT2D eigenvalue weighted by molar-refractivity contribution is 0.0542. The van der Waals surface area contributed by atoms with E-state index in [0.29, 0.717) is 30.0 Å². The van der Waals surface area contributed by atoms with Gasteiger partial charge in [-0.25, -0.2) is 4.98 Å². The van der Waals surface area contributed by atoms with Crippen molar-refractivity contribution in [3.05, 3.63) is 59.0 Å². The molecule has 5 aromatic heterocycles. The molecule has 0 saturated carbocycles. The number of aryl methyl sites for hydroxylation is 3. The maximum atomic E-state index is 11.1. The highest BCUT2D eigenvalue weighted by Crippen LogP contribution is 2.43. The maximum absolute atomic E-state index is 11.1. The third-order valence-corrected chi connectivity index (χ3v) is 7.38. The first-order chi connectivity index (χ1) is 17.7. The summed E-state index contributed by atoms with van der Waals surface area (Å²) in [6.07, 6.45) is 5.50. The van der Waals surface area contributed by atoms with Crippen LogP contribution in [0.3, 0.4) is 0 Å². The normalized spacial score (nSPS) is 16.2. The molecule has 5 aromatic rings. The topological polar surface area (TPSA) is 112 Å². The van der Waals surface area contributed by atoms with E-state index in [0.717, 1.165) is 57.7 Å². The molecule has 1 aliphatic rings. The molecule has 0 amide bonds. The maximum Gasteiger partial charge on any atom is 0.211 e. The molecule has 9 nitrogen and oxygen atoms in total. The Kier molecular flexibility index (Phi) is 5.65. The smallest absolute Gasteiger partial charge is 0.211 e. The standard InChI is InChI=1S/C28H31N5O4/c1-15-6-7-20(29-13-15)24(18-8-10-35-11-9-18)33-21-12-19(22-16(2)31-36-17(22)3)14-30-23(21)26-25(33)27(32-37-26)28(4,5)34/h6-7,12-14,18,24,34H,8-11H2,1-5H3. The predicted octanol–water partition coefficient (Wildman–Crippen LogP) is 5.40. The second-order valence-corrected chi connectivity index (χ2v) is 10.6.